The third kappa shape index (κ3) is 34.6. The van der Waals surface area contributed by atoms with Crippen molar-refractivity contribution in [3.05, 3.63) is 12.2 Å². The van der Waals surface area contributed by atoms with Crippen molar-refractivity contribution in [1.82, 2.24) is 0 Å². The molecular weight excluding hydrogens is 503 g/mol. The van der Waals surface area contributed by atoms with E-state index >= 15 is 0 Å². The molecular formula is C32H63NaO4S. The Hall–Kier alpha value is 0.610. The van der Waals surface area contributed by atoms with E-state index < -0.39 is 10.4 Å². The zero-order chi connectivity index (χ0) is 27.3. The molecule has 6 heteroatoms. The van der Waals surface area contributed by atoms with Crippen LogP contribution in [0.4, 0.5) is 0 Å². The van der Waals surface area contributed by atoms with Crippen molar-refractivity contribution < 1.29 is 46.7 Å². The Labute approximate surface area is 261 Å². The largest absolute Gasteiger partial charge is 1.00 e. The first-order valence-electron chi connectivity index (χ1n) is 16.3. The van der Waals surface area contributed by atoms with Crippen LogP contribution in [0.15, 0.2) is 12.2 Å². The first-order chi connectivity index (χ1) is 18.0. The molecule has 0 aliphatic heterocycles. The van der Waals surface area contributed by atoms with Gasteiger partial charge in [0.05, 0.1) is 6.61 Å². The monoisotopic (exact) mass is 566 g/mol. The summed E-state index contributed by atoms with van der Waals surface area (Å²) >= 11 is 0. The van der Waals surface area contributed by atoms with E-state index in [2.05, 4.69) is 30.2 Å². The van der Waals surface area contributed by atoms with E-state index in [0.717, 1.165) is 19.3 Å². The molecule has 1 unspecified atom stereocenters. The first-order valence-corrected chi connectivity index (χ1v) is 17.6. The van der Waals surface area contributed by atoms with E-state index in [4.69, 9.17) is 0 Å². The SMILES string of the molecule is CCCCCCCCCCCCCCCCCC/C=C/C(CCCCCCCCCC)COS(=O)(=O)[O-].[Na+]. The van der Waals surface area contributed by atoms with Gasteiger partial charge in [0.2, 0.25) is 10.4 Å². The maximum Gasteiger partial charge on any atom is 1.00 e. The molecule has 0 fully saturated rings. The van der Waals surface area contributed by atoms with Gasteiger partial charge in [-0.3, -0.25) is 4.18 Å². The van der Waals surface area contributed by atoms with Crippen LogP contribution in [0, 0.1) is 5.92 Å². The normalized spacial score (nSPS) is 12.7. The van der Waals surface area contributed by atoms with Crippen molar-refractivity contribution in [2.45, 2.75) is 181 Å². The molecule has 0 saturated carbocycles. The molecule has 4 nitrogen and oxygen atoms in total. The minimum absolute atomic E-state index is 0. The van der Waals surface area contributed by atoms with Gasteiger partial charge in [-0.15, -0.1) is 0 Å². The van der Waals surface area contributed by atoms with Crippen molar-refractivity contribution in [3.63, 3.8) is 0 Å². The van der Waals surface area contributed by atoms with Crippen molar-refractivity contribution >= 4 is 10.4 Å². The summed E-state index contributed by atoms with van der Waals surface area (Å²) in [7, 11) is -4.61. The Morgan fingerprint density at radius 1 is 0.579 bits per heavy atom. The number of hydrogen-bond donors (Lipinski definition) is 0. The van der Waals surface area contributed by atoms with Gasteiger partial charge in [0, 0.05) is 5.92 Å². The van der Waals surface area contributed by atoms with Gasteiger partial charge in [-0.1, -0.05) is 174 Å². The second kappa shape index (κ2) is 32.1. The molecule has 0 bridgehead atoms. The number of allylic oxidation sites excluding steroid dienone is 1. The molecule has 38 heavy (non-hydrogen) atoms. The van der Waals surface area contributed by atoms with Gasteiger partial charge in [-0.25, -0.2) is 8.42 Å². The summed E-state index contributed by atoms with van der Waals surface area (Å²) in [6.45, 7) is 4.50. The van der Waals surface area contributed by atoms with Gasteiger partial charge in [0.1, 0.15) is 0 Å². The molecule has 222 valence electrons. The van der Waals surface area contributed by atoms with Crippen LogP contribution in [0.25, 0.3) is 0 Å². The minimum Gasteiger partial charge on any atom is -0.726 e. The van der Waals surface area contributed by atoms with Crippen LogP contribution in [0.1, 0.15) is 181 Å². The fourth-order valence-corrected chi connectivity index (χ4v) is 5.39. The van der Waals surface area contributed by atoms with Crippen molar-refractivity contribution in [3.8, 4) is 0 Å². The molecule has 0 aromatic rings. The fourth-order valence-electron chi connectivity index (χ4n) is 5.05. The molecule has 0 aliphatic carbocycles. The summed E-state index contributed by atoms with van der Waals surface area (Å²) in [5.41, 5.74) is 0. The van der Waals surface area contributed by atoms with E-state index in [1.165, 1.54) is 148 Å². The van der Waals surface area contributed by atoms with Crippen LogP contribution in [0.5, 0.6) is 0 Å². The molecule has 0 radical (unpaired) electrons. The molecule has 0 saturated heterocycles. The molecule has 1 atom stereocenters. The quantitative estimate of drug-likeness (QED) is 0.0292. The van der Waals surface area contributed by atoms with Gasteiger partial charge in [-0.05, 0) is 19.3 Å². The number of rotatable bonds is 30. The Kier molecular flexibility index (Phi) is 34.5. The average molecular weight is 567 g/mol. The van der Waals surface area contributed by atoms with Crippen molar-refractivity contribution in [2.24, 2.45) is 5.92 Å². The van der Waals surface area contributed by atoms with Crippen LogP contribution in [-0.4, -0.2) is 19.6 Å². The Balaban J connectivity index is 0. The van der Waals surface area contributed by atoms with E-state index in [9.17, 15) is 13.0 Å². The van der Waals surface area contributed by atoms with Crippen LogP contribution >= 0.6 is 0 Å². The third-order valence-electron chi connectivity index (χ3n) is 7.49. The maximum atomic E-state index is 10.9. The summed E-state index contributed by atoms with van der Waals surface area (Å²) in [4.78, 5) is 0. The predicted octanol–water partition coefficient (Wildman–Crippen LogP) is 7.82. The van der Waals surface area contributed by atoms with Crippen molar-refractivity contribution in [1.29, 1.82) is 0 Å². The summed E-state index contributed by atoms with van der Waals surface area (Å²) in [5, 5.41) is 0. The predicted molar refractivity (Wildman–Crippen MR) is 160 cm³/mol. The minimum atomic E-state index is -4.61. The van der Waals surface area contributed by atoms with E-state index in [1.54, 1.807) is 0 Å². The standard InChI is InChI=1S/C32H64O4S.Na/c1-3-5-7-9-11-13-14-15-16-17-18-19-20-21-22-24-26-28-30-32(31-36-37(33,34)35)29-27-25-23-12-10-8-6-4-2;/h28,30,32H,3-27,29,31H2,1-2H3,(H,33,34,35);/q;+1/p-1/b30-28+;. The van der Waals surface area contributed by atoms with Crippen LogP contribution < -0.4 is 29.6 Å². The van der Waals surface area contributed by atoms with Crippen LogP contribution in [0.2, 0.25) is 0 Å². The third-order valence-corrected chi connectivity index (χ3v) is 7.91. The van der Waals surface area contributed by atoms with Crippen LogP contribution in [-0.2, 0) is 14.6 Å². The fraction of sp³-hybridized carbons (Fsp3) is 0.938. The molecule has 0 rings (SSSR count). The van der Waals surface area contributed by atoms with E-state index in [-0.39, 0.29) is 42.1 Å². The smallest absolute Gasteiger partial charge is 0.726 e. The Morgan fingerprint density at radius 2 is 0.921 bits per heavy atom. The van der Waals surface area contributed by atoms with Gasteiger partial charge in [-0.2, -0.15) is 0 Å². The number of hydrogen-bond acceptors (Lipinski definition) is 4. The van der Waals surface area contributed by atoms with Gasteiger partial charge in [0.15, 0.2) is 0 Å². The topological polar surface area (TPSA) is 66.4 Å². The van der Waals surface area contributed by atoms with Gasteiger partial charge < -0.3 is 4.55 Å². The molecule has 0 amide bonds. The second-order valence-electron chi connectivity index (χ2n) is 11.2. The summed E-state index contributed by atoms with van der Waals surface area (Å²) < 4.78 is 37.2. The van der Waals surface area contributed by atoms with Gasteiger partial charge in [0.25, 0.3) is 0 Å². The summed E-state index contributed by atoms with van der Waals surface area (Å²) in [5.74, 6) is 0.0184. The molecule has 0 heterocycles. The Morgan fingerprint density at radius 3 is 1.29 bits per heavy atom. The van der Waals surface area contributed by atoms with Crippen molar-refractivity contribution in [2.75, 3.05) is 6.61 Å². The van der Waals surface area contributed by atoms with E-state index in [1.807, 2.05) is 0 Å². The first kappa shape index (κ1) is 40.7. The summed E-state index contributed by atoms with van der Waals surface area (Å²) in [6, 6.07) is 0. The summed E-state index contributed by atoms with van der Waals surface area (Å²) in [6.07, 6.45) is 38.1. The van der Waals surface area contributed by atoms with E-state index in [0.29, 0.717) is 0 Å². The zero-order valence-corrected chi connectivity index (χ0v) is 28.7. The zero-order valence-electron chi connectivity index (χ0n) is 25.9. The molecule has 0 N–H and O–H groups in total. The second-order valence-corrected chi connectivity index (χ2v) is 12.3. The average Bonchev–Trinajstić information content (AvgIpc) is 2.87. The maximum absolute atomic E-state index is 10.9. The molecule has 0 aromatic heterocycles. The molecule has 0 aliphatic rings. The van der Waals surface area contributed by atoms with Gasteiger partial charge >= 0.3 is 29.6 Å². The molecule has 0 aromatic carbocycles. The molecule has 0 spiro atoms. The number of unbranched alkanes of at least 4 members (excludes halogenated alkanes) is 23. The van der Waals surface area contributed by atoms with Crippen LogP contribution in [0.3, 0.4) is 0 Å². The Bertz CT molecular complexity index is 580.